The Balaban J connectivity index is 1.77. The molecule has 0 N–H and O–H groups in total. The molecule has 1 aromatic rings. The van der Waals surface area contributed by atoms with E-state index >= 15 is 0 Å². The van der Waals surface area contributed by atoms with Crippen molar-refractivity contribution >= 4 is 0 Å². The number of piperidine rings is 1. The highest BCUT2D eigenvalue weighted by Crippen LogP contribution is 2.42. The molecule has 1 heterocycles. The molecular weight excluding hydrogens is 194 g/mol. The lowest BCUT2D eigenvalue weighted by atomic mass is 10.1. The van der Waals surface area contributed by atoms with Gasteiger partial charge in [0, 0.05) is 17.9 Å². The third-order valence-electron chi connectivity index (χ3n) is 4.73. The molecule has 3 atom stereocenters. The number of likely N-dealkylation sites (tertiary alicyclic amines) is 1. The molecule has 2 bridgehead atoms. The average molecular weight is 216 g/mol. The molecule has 16 heavy (non-hydrogen) atoms. The summed E-state index contributed by atoms with van der Waals surface area (Å²) in [6.07, 6.45) is 4.45. The maximum absolute atomic E-state index is 2.46. The van der Waals surface area contributed by atoms with Crippen molar-refractivity contribution in [3.8, 4) is 0 Å². The Morgan fingerprint density at radius 3 is 2.50 bits per heavy atom. The summed E-state index contributed by atoms with van der Waals surface area (Å²) in [5.74, 6) is 1.03. The van der Waals surface area contributed by atoms with Crippen molar-refractivity contribution in [2.24, 2.45) is 5.92 Å². The molecule has 0 aromatic heterocycles. The number of quaternary nitrogens is 1. The largest absolute Gasteiger partial charge is 0.320 e. The van der Waals surface area contributed by atoms with Crippen LogP contribution in [0.2, 0.25) is 0 Å². The van der Waals surface area contributed by atoms with Gasteiger partial charge in [-0.25, -0.2) is 0 Å². The predicted molar refractivity (Wildman–Crippen MR) is 67.1 cm³/mol. The second kappa shape index (κ2) is 3.59. The first kappa shape index (κ1) is 10.3. The van der Waals surface area contributed by atoms with Crippen LogP contribution in [-0.4, -0.2) is 24.1 Å². The molecule has 0 radical (unpaired) electrons. The third kappa shape index (κ3) is 1.67. The maximum Gasteiger partial charge on any atom is 0.104 e. The maximum atomic E-state index is 2.46. The van der Waals surface area contributed by atoms with Crippen molar-refractivity contribution in [2.45, 2.75) is 38.8 Å². The fourth-order valence-corrected chi connectivity index (χ4v) is 3.82. The topological polar surface area (TPSA) is 0 Å². The zero-order chi connectivity index (χ0) is 11.2. The molecule has 86 valence electrons. The van der Waals surface area contributed by atoms with Gasteiger partial charge in [0.25, 0.3) is 0 Å². The van der Waals surface area contributed by atoms with Gasteiger partial charge in [0.15, 0.2) is 0 Å². The van der Waals surface area contributed by atoms with E-state index in [4.69, 9.17) is 0 Å². The lowest BCUT2D eigenvalue weighted by Gasteiger charge is -2.38. The molecule has 1 saturated carbocycles. The summed E-state index contributed by atoms with van der Waals surface area (Å²) in [7, 11) is 2.46. The molecule has 1 aliphatic heterocycles. The van der Waals surface area contributed by atoms with Crippen LogP contribution in [0.25, 0.3) is 0 Å². The Morgan fingerprint density at radius 2 is 1.94 bits per heavy atom. The molecule has 1 nitrogen and oxygen atoms in total. The van der Waals surface area contributed by atoms with Crippen LogP contribution in [0, 0.1) is 12.8 Å². The smallest absolute Gasteiger partial charge is 0.104 e. The van der Waals surface area contributed by atoms with Gasteiger partial charge in [0.1, 0.15) is 6.54 Å². The van der Waals surface area contributed by atoms with Crippen LogP contribution in [-0.2, 0) is 6.54 Å². The first-order valence-corrected chi connectivity index (χ1v) is 6.55. The molecule has 2 fully saturated rings. The molecule has 3 rings (SSSR count). The Bertz CT molecular complexity index is 381. The molecule has 0 amide bonds. The first-order valence-electron chi connectivity index (χ1n) is 6.55. The Kier molecular flexibility index (Phi) is 2.32. The number of hydrogen-bond acceptors (Lipinski definition) is 0. The second-order valence-corrected chi connectivity index (χ2v) is 6.14. The minimum atomic E-state index is 0.950. The first-order chi connectivity index (χ1) is 7.66. The van der Waals surface area contributed by atoms with E-state index < -0.39 is 0 Å². The minimum Gasteiger partial charge on any atom is -0.320 e. The lowest BCUT2D eigenvalue weighted by molar-refractivity contribution is -0.938. The summed E-state index contributed by atoms with van der Waals surface area (Å²) < 4.78 is 1.30. The van der Waals surface area contributed by atoms with Crippen LogP contribution in [0.15, 0.2) is 24.3 Å². The SMILES string of the molecule is Cc1ccc(C[N+]2(C)CC3CC[C@H]2C3)cc1. The average Bonchev–Trinajstić information content (AvgIpc) is 2.81. The molecule has 2 aliphatic rings. The van der Waals surface area contributed by atoms with E-state index in [0.717, 1.165) is 12.0 Å². The van der Waals surface area contributed by atoms with Crippen molar-refractivity contribution in [2.75, 3.05) is 13.6 Å². The minimum absolute atomic E-state index is 0.950. The van der Waals surface area contributed by atoms with E-state index in [1.54, 1.807) is 0 Å². The van der Waals surface area contributed by atoms with Gasteiger partial charge in [0.05, 0.1) is 19.6 Å². The highest BCUT2D eigenvalue weighted by Gasteiger charge is 2.48. The number of rotatable bonds is 2. The highest BCUT2D eigenvalue weighted by atomic mass is 15.4. The second-order valence-electron chi connectivity index (χ2n) is 6.14. The summed E-state index contributed by atoms with van der Waals surface area (Å²) in [6.45, 7) is 4.82. The zero-order valence-electron chi connectivity index (χ0n) is 10.4. The number of aryl methyl sites for hydroxylation is 1. The van der Waals surface area contributed by atoms with Gasteiger partial charge in [0.2, 0.25) is 0 Å². The molecule has 1 saturated heterocycles. The number of nitrogens with zero attached hydrogens (tertiary/aromatic N) is 1. The van der Waals surface area contributed by atoms with E-state index in [1.807, 2.05) is 0 Å². The summed E-state index contributed by atoms with van der Waals surface area (Å²) >= 11 is 0. The Hall–Kier alpha value is -0.820. The summed E-state index contributed by atoms with van der Waals surface area (Å²) in [4.78, 5) is 0. The van der Waals surface area contributed by atoms with Crippen LogP contribution in [0.1, 0.15) is 30.4 Å². The van der Waals surface area contributed by atoms with Crippen molar-refractivity contribution in [1.82, 2.24) is 0 Å². The summed E-state index contributed by atoms with van der Waals surface area (Å²) in [6, 6.07) is 10.1. The van der Waals surface area contributed by atoms with Gasteiger partial charge in [-0.2, -0.15) is 0 Å². The number of benzene rings is 1. The zero-order valence-corrected chi connectivity index (χ0v) is 10.4. The predicted octanol–water partition coefficient (Wildman–Crippen LogP) is 3.12. The Morgan fingerprint density at radius 1 is 1.19 bits per heavy atom. The van der Waals surface area contributed by atoms with Gasteiger partial charge >= 0.3 is 0 Å². The van der Waals surface area contributed by atoms with E-state index in [1.165, 1.54) is 48.0 Å². The quantitative estimate of drug-likeness (QED) is 0.666. The Labute approximate surface area is 98.7 Å². The summed E-state index contributed by atoms with van der Waals surface area (Å²) in [5, 5.41) is 0. The van der Waals surface area contributed by atoms with Gasteiger partial charge in [-0.1, -0.05) is 29.8 Å². The van der Waals surface area contributed by atoms with Gasteiger partial charge in [-0.15, -0.1) is 0 Å². The number of hydrogen-bond donors (Lipinski definition) is 0. The highest BCUT2D eigenvalue weighted by molar-refractivity contribution is 5.20. The fourth-order valence-electron chi connectivity index (χ4n) is 3.82. The van der Waals surface area contributed by atoms with Crippen molar-refractivity contribution in [3.63, 3.8) is 0 Å². The van der Waals surface area contributed by atoms with Gasteiger partial charge < -0.3 is 4.48 Å². The third-order valence-corrected chi connectivity index (χ3v) is 4.73. The lowest BCUT2D eigenvalue weighted by Crippen LogP contribution is -2.49. The van der Waals surface area contributed by atoms with E-state index in [-0.39, 0.29) is 0 Å². The molecule has 1 aromatic carbocycles. The monoisotopic (exact) mass is 216 g/mol. The van der Waals surface area contributed by atoms with Crippen LogP contribution in [0.4, 0.5) is 0 Å². The fraction of sp³-hybridized carbons (Fsp3) is 0.600. The molecule has 1 heteroatoms. The molecule has 1 aliphatic carbocycles. The standard InChI is InChI=1S/C15H22N/c1-12-3-5-13(6-4-12)10-16(2)11-14-7-8-15(16)9-14/h3-6,14-15H,7-11H2,1-2H3/q+1/t14?,15-,16?/m0/s1. The van der Waals surface area contributed by atoms with Crippen molar-refractivity contribution in [3.05, 3.63) is 35.4 Å². The van der Waals surface area contributed by atoms with E-state index in [2.05, 4.69) is 38.2 Å². The van der Waals surface area contributed by atoms with E-state index in [9.17, 15) is 0 Å². The van der Waals surface area contributed by atoms with Crippen LogP contribution in [0.3, 0.4) is 0 Å². The van der Waals surface area contributed by atoms with Crippen LogP contribution >= 0.6 is 0 Å². The summed E-state index contributed by atoms with van der Waals surface area (Å²) in [5.41, 5.74) is 2.88. The normalized spacial score (nSPS) is 36.9. The molecule has 0 spiro atoms. The van der Waals surface area contributed by atoms with Crippen molar-refractivity contribution < 1.29 is 4.48 Å². The van der Waals surface area contributed by atoms with Crippen molar-refractivity contribution in [1.29, 1.82) is 0 Å². The van der Waals surface area contributed by atoms with Gasteiger partial charge in [-0.3, -0.25) is 0 Å². The van der Waals surface area contributed by atoms with Crippen LogP contribution < -0.4 is 0 Å². The number of fused-ring (bicyclic) bond motifs is 2. The van der Waals surface area contributed by atoms with Gasteiger partial charge in [-0.05, 0) is 19.8 Å². The van der Waals surface area contributed by atoms with Crippen LogP contribution in [0.5, 0.6) is 0 Å². The molecular formula is C15H22N+. The molecule has 2 unspecified atom stereocenters. The van der Waals surface area contributed by atoms with E-state index in [0.29, 0.717) is 0 Å².